The van der Waals surface area contributed by atoms with Crippen LogP contribution in [-0.4, -0.2) is 26.9 Å². The highest BCUT2D eigenvalue weighted by Gasteiger charge is 2.25. The molecule has 0 saturated heterocycles. The third-order valence-corrected chi connectivity index (χ3v) is 2.07. The second-order valence-corrected chi connectivity index (χ2v) is 3.42. The molecule has 1 atom stereocenters. The summed E-state index contributed by atoms with van der Waals surface area (Å²) >= 11 is 0. The number of nitrogens with zero attached hydrogens (tertiary/aromatic N) is 4. The number of oxime groups is 1. The minimum atomic E-state index is 0.168. The molecule has 1 aliphatic rings. The molecule has 0 saturated carbocycles. The minimum absolute atomic E-state index is 0.168. The molecule has 5 heteroatoms. The topological polar surface area (TPSA) is 52.3 Å². The smallest absolute Gasteiger partial charge is 0.193 e. The molecule has 2 rings (SSSR count). The van der Waals surface area contributed by atoms with Gasteiger partial charge in [-0.05, 0) is 5.92 Å². The highest BCUT2D eigenvalue weighted by atomic mass is 16.6. The lowest BCUT2D eigenvalue weighted by Crippen LogP contribution is -2.19. The molecule has 0 N–H and O–H groups in total. The van der Waals surface area contributed by atoms with Crippen LogP contribution in [0.3, 0.4) is 0 Å². The van der Waals surface area contributed by atoms with Gasteiger partial charge in [-0.3, -0.25) is 0 Å². The first-order chi connectivity index (χ1) is 6.27. The Kier molecular flexibility index (Phi) is 2.00. The van der Waals surface area contributed by atoms with E-state index in [0.29, 0.717) is 5.92 Å². The molecule has 13 heavy (non-hydrogen) atoms. The Morgan fingerprint density at radius 3 is 2.69 bits per heavy atom. The van der Waals surface area contributed by atoms with Crippen LogP contribution in [0.1, 0.15) is 20.3 Å². The Morgan fingerprint density at radius 2 is 2.15 bits per heavy atom. The van der Waals surface area contributed by atoms with E-state index >= 15 is 0 Å². The van der Waals surface area contributed by atoms with Crippen molar-refractivity contribution in [1.82, 2.24) is 15.0 Å². The average Bonchev–Trinajstić information content (AvgIpc) is 2.75. The quantitative estimate of drug-likeness (QED) is 0.644. The Bertz CT molecular complexity index is 304. The molecule has 1 unspecified atom stereocenters. The van der Waals surface area contributed by atoms with Crippen molar-refractivity contribution >= 4 is 5.84 Å². The average molecular weight is 180 g/mol. The van der Waals surface area contributed by atoms with Gasteiger partial charge in [-0.15, -0.1) is 4.80 Å². The zero-order valence-electron chi connectivity index (χ0n) is 7.71. The van der Waals surface area contributed by atoms with Crippen LogP contribution in [0, 0.1) is 5.92 Å². The van der Waals surface area contributed by atoms with Gasteiger partial charge in [-0.2, -0.15) is 10.2 Å². The van der Waals surface area contributed by atoms with Crippen molar-refractivity contribution in [1.29, 1.82) is 0 Å². The maximum absolute atomic E-state index is 5.24. The molecule has 0 amide bonds. The van der Waals surface area contributed by atoms with E-state index in [1.807, 2.05) is 0 Å². The summed E-state index contributed by atoms with van der Waals surface area (Å²) in [6.45, 7) is 4.22. The first-order valence-corrected chi connectivity index (χ1v) is 4.37. The van der Waals surface area contributed by atoms with Crippen LogP contribution in [0.15, 0.2) is 17.5 Å². The molecule has 0 aromatic carbocycles. The Labute approximate surface area is 76.4 Å². The summed E-state index contributed by atoms with van der Waals surface area (Å²) in [5, 5.41) is 11.9. The van der Waals surface area contributed by atoms with Gasteiger partial charge in [0.1, 0.15) is 6.10 Å². The fourth-order valence-corrected chi connectivity index (χ4v) is 1.21. The molecule has 5 nitrogen and oxygen atoms in total. The summed E-state index contributed by atoms with van der Waals surface area (Å²) in [5.74, 6) is 1.25. The maximum Gasteiger partial charge on any atom is 0.193 e. The second kappa shape index (κ2) is 3.16. The molecule has 0 spiro atoms. The van der Waals surface area contributed by atoms with E-state index < -0.39 is 0 Å². The standard InChI is InChI=1S/C8H12N4O/c1-6(2)7-5-8(11-13-7)12-9-3-4-10-12/h3-4,6-7H,5H2,1-2H3. The van der Waals surface area contributed by atoms with Gasteiger partial charge in [0.25, 0.3) is 0 Å². The van der Waals surface area contributed by atoms with Gasteiger partial charge in [0.2, 0.25) is 0 Å². The van der Waals surface area contributed by atoms with E-state index in [2.05, 4.69) is 29.2 Å². The number of aromatic nitrogens is 3. The fraction of sp³-hybridized carbons (Fsp3) is 0.625. The van der Waals surface area contributed by atoms with Crippen LogP contribution in [-0.2, 0) is 4.84 Å². The molecule has 0 aliphatic carbocycles. The zero-order valence-corrected chi connectivity index (χ0v) is 7.71. The maximum atomic E-state index is 5.24. The first-order valence-electron chi connectivity index (χ1n) is 4.37. The highest BCUT2D eigenvalue weighted by Crippen LogP contribution is 2.17. The third-order valence-electron chi connectivity index (χ3n) is 2.07. The normalized spacial score (nSPS) is 21.8. The summed E-state index contributed by atoms with van der Waals surface area (Å²) in [7, 11) is 0. The van der Waals surface area contributed by atoms with Gasteiger partial charge in [0, 0.05) is 0 Å². The van der Waals surface area contributed by atoms with Gasteiger partial charge < -0.3 is 4.84 Å². The van der Waals surface area contributed by atoms with Gasteiger partial charge in [-0.1, -0.05) is 19.0 Å². The molecular formula is C8H12N4O. The number of rotatable bonds is 1. The van der Waals surface area contributed by atoms with Gasteiger partial charge in [-0.25, -0.2) is 0 Å². The summed E-state index contributed by atoms with van der Waals surface area (Å²) in [5.41, 5.74) is 0. The first kappa shape index (κ1) is 8.22. The lowest BCUT2D eigenvalue weighted by Gasteiger charge is -2.10. The van der Waals surface area contributed by atoms with Gasteiger partial charge in [0.05, 0.1) is 18.8 Å². The van der Waals surface area contributed by atoms with E-state index in [9.17, 15) is 0 Å². The predicted octanol–water partition coefficient (Wildman–Crippen LogP) is 0.885. The summed E-state index contributed by atoms with van der Waals surface area (Å²) < 4.78 is 0. The predicted molar refractivity (Wildman–Crippen MR) is 47.2 cm³/mol. The molecule has 1 aliphatic heterocycles. The SMILES string of the molecule is CC(C)C1CC(n2nccn2)=NO1. The summed E-state index contributed by atoms with van der Waals surface area (Å²) in [6, 6.07) is 0. The molecule has 0 radical (unpaired) electrons. The van der Waals surface area contributed by atoms with E-state index in [1.165, 1.54) is 4.80 Å². The summed E-state index contributed by atoms with van der Waals surface area (Å²) in [4.78, 5) is 6.74. The van der Waals surface area contributed by atoms with Crippen LogP contribution in [0.5, 0.6) is 0 Å². The lowest BCUT2D eigenvalue weighted by molar-refractivity contribution is 0.0521. The Hall–Kier alpha value is -1.39. The van der Waals surface area contributed by atoms with Crippen LogP contribution in [0.4, 0.5) is 0 Å². The van der Waals surface area contributed by atoms with Crippen LogP contribution in [0.25, 0.3) is 0 Å². The second-order valence-electron chi connectivity index (χ2n) is 3.42. The van der Waals surface area contributed by atoms with Gasteiger partial charge >= 0.3 is 0 Å². The minimum Gasteiger partial charge on any atom is -0.390 e. The fourth-order valence-electron chi connectivity index (χ4n) is 1.21. The van der Waals surface area contributed by atoms with E-state index in [0.717, 1.165) is 12.3 Å². The Morgan fingerprint density at radius 1 is 1.46 bits per heavy atom. The van der Waals surface area contributed by atoms with Crippen LogP contribution >= 0.6 is 0 Å². The van der Waals surface area contributed by atoms with Crippen molar-refractivity contribution < 1.29 is 4.84 Å². The molecule has 1 aromatic heterocycles. The van der Waals surface area contributed by atoms with E-state index in [1.54, 1.807) is 12.4 Å². The monoisotopic (exact) mass is 180 g/mol. The molecular weight excluding hydrogens is 168 g/mol. The zero-order chi connectivity index (χ0) is 9.26. The highest BCUT2D eigenvalue weighted by molar-refractivity contribution is 5.83. The number of hydrogen-bond donors (Lipinski definition) is 0. The lowest BCUT2D eigenvalue weighted by atomic mass is 10.0. The number of hydrogen-bond acceptors (Lipinski definition) is 4. The molecule has 70 valence electrons. The largest absolute Gasteiger partial charge is 0.390 e. The van der Waals surface area contributed by atoms with Crippen molar-refractivity contribution in [3.05, 3.63) is 12.4 Å². The van der Waals surface area contributed by atoms with Crippen molar-refractivity contribution in [2.24, 2.45) is 11.1 Å². The summed E-state index contributed by atoms with van der Waals surface area (Å²) in [6.07, 6.45) is 4.21. The molecule has 1 aromatic rings. The van der Waals surface area contributed by atoms with E-state index in [4.69, 9.17) is 4.84 Å². The van der Waals surface area contributed by atoms with E-state index in [-0.39, 0.29) is 6.10 Å². The molecule has 0 fully saturated rings. The van der Waals surface area contributed by atoms with Crippen LogP contribution < -0.4 is 0 Å². The molecule has 2 heterocycles. The third kappa shape index (κ3) is 1.54. The van der Waals surface area contributed by atoms with Crippen molar-refractivity contribution in [3.63, 3.8) is 0 Å². The van der Waals surface area contributed by atoms with Crippen molar-refractivity contribution in [2.75, 3.05) is 0 Å². The van der Waals surface area contributed by atoms with Crippen LogP contribution in [0.2, 0.25) is 0 Å². The Balaban J connectivity index is 2.06. The van der Waals surface area contributed by atoms with Crippen molar-refractivity contribution in [2.45, 2.75) is 26.4 Å². The van der Waals surface area contributed by atoms with Gasteiger partial charge in [0.15, 0.2) is 5.84 Å². The van der Waals surface area contributed by atoms with Crippen molar-refractivity contribution in [3.8, 4) is 0 Å². The molecule has 0 bridgehead atoms.